The van der Waals surface area contributed by atoms with Gasteiger partial charge in [0.25, 0.3) is 0 Å². The minimum atomic E-state index is -0.00574. The third-order valence-electron chi connectivity index (χ3n) is 5.52. The molecule has 0 atom stereocenters. The Bertz CT molecular complexity index is 1160. The van der Waals surface area contributed by atoms with Crippen molar-refractivity contribution in [3.8, 4) is 51.0 Å². The Morgan fingerprint density at radius 3 is 2.03 bits per heavy atom. The predicted molar refractivity (Wildman–Crippen MR) is 138 cm³/mol. The number of nitrogens with zero attached hydrogens (tertiary/aromatic N) is 1. The summed E-state index contributed by atoms with van der Waals surface area (Å²) in [6.07, 6.45) is 2.00. The summed E-state index contributed by atoms with van der Waals surface area (Å²) in [5.74, 6) is 2.06. The van der Waals surface area contributed by atoms with Crippen molar-refractivity contribution < 1.29 is 24.1 Å². The molecule has 0 unspecified atom stereocenters. The fourth-order valence-corrected chi connectivity index (χ4v) is 3.67. The number of benzene rings is 3. The van der Waals surface area contributed by atoms with Crippen LogP contribution in [0.25, 0.3) is 22.3 Å². The van der Waals surface area contributed by atoms with Gasteiger partial charge in [-0.25, -0.2) is 0 Å². The maximum absolute atomic E-state index is 11.3. The fraction of sp³-hybridized carbons (Fsp3) is 0.286. The number of aromatic hydroxyl groups is 1. The van der Waals surface area contributed by atoms with Crippen LogP contribution in [0.4, 0.5) is 5.69 Å². The molecule has 180 valence electrons. The van der Waals surface area contributed by atoms with Crippen LogP contribution < -0.4 is 23.8 Å². The number of hydrogen-bond acceptors (Lipinski definition) is 6. The lowest BCUT2D eigenvalue weighted by Gasteiger charge is -2.19. The number of methoxy groups -OCH3 is 3. The van der Waals surface area contributed by atoms with Gasteiger partial charge in [0.1, 0.15) is 12.4 Å². The quantitative estimate of drug-likeness (QED) is 0.383. The lowest BCUT2D eigenvalue weighted by atomic mass is 9.96. The summed E-state index contributed by atoms with van der Waals surface area (Å²) >= 11 is 0. The van der Waals surface area contributed by atoms with Gasteiger partial charge in [-0.15, -0.1) is 0 Å². The van der Waals surface area contributed by atoms with Crippen LogP contribution in [0.15, 0.2) is 60.2 Å². The van der Waals surface area contributed by atoms with Gasteiger partial charge in [0.05, 0.1) is 26.9 Å². The number of phenolic OH excluding ortho intramolecular Hbond substituents is 1. The van der Waals surface area contributed by atoms with Gasteiger partial charge in [0, 0.05) is 25.3 Å². The Balaban J connectivity index is 2.09. The van der Waals surface area contributed by atoms with Crippen LogP contribution in [0, 0.1) is 0 Å². The number of hydrogen-bond donors (Lipinski definition) is 1. The van der Waals surface area contributed by atoms with E-state index in [2.05, 4.69) is 0 Å². The van der Waals surface area contributed by atoms with Gasteiger partial charge in [-0.1, -0.05) is 23.8 Å². The molecule has 0 aliphatic carbocycles. The van der Waals surface area contributed by atoms with E-state index in [1.54, 1.807) is 21.3 Å². The smallest absolute Gasteiger partial charge is 0.170 e. The highest BCUT2D eigenvalue weighted by atomic mass is 16.5. The molecular formula is C28H33NO5. The minimum Gasteiger partial charge on any atom is -0.504 e. The van der Waals surface area contributed by atoms with Crippen LogP contribution in [0.1, 0.15) is 13.8 Å². The van der Waals surface area contributed by atoms with Crippen molar-refractivity contribution in [2.24, 2.45) is 0 Å². The van der Waals surface area contributed by atoms with E-state index >= 15 is 0 Å². The largest absolute Gasteiger partial charge is 0.504 e. The van der Waals surface area contributed by atoms with Gasteiger partial charge >= 0.3 is 0 Å². The van der Waals surface area contributed by atoms with Crippen LogP contribution in [0.2, 0.25) is 0 Å². The maximum atomic E-state index is 11.3. The van der Waals surface area contributed by atoms with E-state index < -0.39 is 0 Å². The Kier molecular flexibility index (Phi) is 7.95. The van der Waals surface area contributed by atoms with E-state index in [4.69, 9.17) is 18.9 Å². The lowest BCUT2D eigenvalue weighted by molar-refractivity contribution is 0.326. The number of ether oxygens (including phenoxy) is 4. The normalized spacial score (nSPS) is 10.4. The highest BCUT2D eigenvalue weighted by Crippen LogP contribution is 2.50. The zero-order valence-electron chi connectivity index (χ0n) is 20.9. The molecule has 0 radical (unpaired) electrons. The molecule has 3 aromatic rings. The van der Waals surface area contributed by atoms with E-state index in [-0.39, 0.29) is 5.75 Å². The molecule has 0 heterocycles. The van der Waals surface area contributed by atoms with Crippen LogP contribution in [0.3, 0.4) is 0 Å². The van der Waals surface area contributed by atoms with Crippen molar-refractivity contribution in [1.29, 1.82) is 0 Å². The monoisotopic (exact) mass is 463 g/mol. The molecule has 0 aliphatic heterocycles. The van der Waals surface area contributed by atoms with Gasteiger partial charge < -0.3 is 29.0 Å². The fourth-order valence-electron chi connectivity index (χ4n) is 3.67. The Morgan fingerprint density at radius 2 is 1.47 bits per heavy atom. The molecular weight excluding hydrogens is 430 g/mol. The zero-order chi connectivity index (χ0) is 24.8. The summed E-state index contributed by atoms with van der Waals surface area (Å²) in [4.78, 5) is 2.03. The highest BCUT2D eigenvalue weighted by Gasteiger charge is 2.22. The first-order valence-electron chi connectivity index (χ1n) is 11.0. The number of allylic oxidation sites excluding steroid dienone is 1. The second-order valence-corrected chi connectivity index (χ2v) is 8.28. The molecule has 0 fully saturated rings. The average Bonchev–Trinajstić information content (AvgIpc) is 2.83. The van der Waals surface area contributed by atoms with Crippen molar-refractivity contribution in [3.63, 3.8) is 0 Å². The summed E-state index contributed by atoms with van der Waals surface area (Å²) in [5.41, 5.74) is 5.13. The van der Waals surface area contributed by atoms with Gasteiger partial charge in [-0.2, -0.15) is 0 Å². The van der Waals surface area contributed by atoms with Crippen molar-refractivity contribution in [1.82, 2.24) is 0 Å². The second kappa shape index (κ2) is 10.9. The van der Waals surface area contributed by atoms with E-state index in [1.165, 1.54) is 5.57 Å². The molecule has 0 spiro atoms. The summed E-state index contributed by atoms with van der Waals surface area (Å²) in [7, 11) is 8.70. The molecule has 0 bridgehead atoms. The van der Waals surface area contributed by atoms with Crippen LogP contribution in [0.5, 0.6) is 28.7 Å². The van der Waals surface area contributed by atoms with Crippen molar-refractivity contribution in [2.75, 3.05) is 46.9 Å². The maximum Gasteiger partial charge on any atom is 0.170 e. The molecule has 0 aromatic heterocycles. The summed E-state index contributed by atoms with van der Waals surface area (Å²) in [6, 6.07) is 15.4. The van der Waals surface area contributed by atoms with Gasteiger partial charge in [0.15, 0.2) is 23.0 Å². The van der Waals surface area contributed by atoms with E-state index in [0.29, 0.717) is 40.7 Å². The molecule has 0 aliphatic rings. The first-order valence-corrected chi connectivity index (χ1v) is 11.0. The van der Waals surface area contributed by atoms with E-state index in [9.17, 15) is 5.11 Å². The Hall–Kier alpha value is -3.80. The molecule has 3 aromatic carbocycles. The molecule has 0 amide bonds. The molecule has 1 N–H and O–H groups in total. The van der Waals surface area contributed by atoms with E-state index in [0.717, 1.165) is 16.8 Å². The first kappa shape index (κ1) is 24.8. The molecule has 0 saturated carbocycles. The van der Waals surface area contributed by atoms with Crippen LogP contribution in [-0.2, 0) is 0 Å². The lowest BCUT2D eigenvalue weighted by Crippen LogP contribution is -2.07. The topological polar surface area (TPSA) is 60.4 Å². The number of rotatable bonds is 9. The molecule has 34 heavy (non-hydrogen) atoms. The summed E-state index contributed by atoms with van der Waals surface area (Å²) in [6.45, 7) is 4.49. The molecule has 3 rings (SSSR count). The minimum absolute atomic E-state index is 0.00574. The highest BCUT2D eigenvalue weighted by molar-refractivity contribution is 5.88. The number of phenols is 1. The predicted octanol–water partition coefficient (Wildman–Crippen LogP) is 6.16. The van der Waals surface area contributed by atoms with Gasteiger partial charge in [-0.05, 0) is 61.4 Å². The SMILES string of the molecule is COc1cc(-c2c(OC)cc(-c3ccc(N(C)C)cc3)c(OC)c2O)ccc1OCC=C(C)C. The third kappa shape index (κ3) is 5.22. The van der Waals surface area contributed by atoms with Crippen LogP contribution >= 0.6 is 0 Å². The molecule has 6 heteroatoms. The zero-order valence-corrected chi connectivity index (χ0v) is 20.9. The Labute approximate surface area is 202 Å². The van der Waals surface area contributed by atoms with Gasteiger partial charge in [-0.3, -0.25) is 0 Å². The Morgan fingerprint density at radius 1 is 0.824 bits per heavy atom. The summed E-state index contributed by atoms with van der Waals surface area (Å²) in [5, 5.41) is 11.3. The van der Waals surface area contributed by atoms with Crippen molar-refractivity contribution in [2.45, 2.75) is 13.8 Å². The van der Waals surface area contributed by atoms with Crippen LogP contribution in [-0.4, -0.2) is 47.1 Å². The number of anilines is 1. The standard InChI is InChI=1S/C28H33NO5/c1-18(2)14-15-34-23-13-10-20(16-24(23)31-5)26-25(32-6)17-22(28(33-7)27(26)30)19-8-11-21(12-9-19)29(3)4/h8-14,16-17,30H,15H2,1-7H3. The first-order chi connectivity index (χ1) is 16.3. The average molecular weight is 464 g/mol. The van der Waals surface area contributed by atoms with Crippen molar-refractivity contribution >= 4 is 5.69 Å². The second-order valence-electron chi connectivity index (χ2n) is 8.28. The summed E-state index contributed by atoms with van der Waals surface area (Å²) < 4.78 is 22.7. The molecule has 0 saturated heterocycles. The van der Waals surface area contributed by atoms with Gasteiger partial charge in [0.2, 0.25) is 0 Å². The third-order valence-corrected chi connectivity index (χ3v) is 5.52. The van der Waals surface area contributed by atoms with Crippen molar-refractivity contribution in [3.05, 3.63) is 60.2 Å². The molecule has 6 nitrogen and oxygen atoms in total. The van der Waals surface area contributed by atoms with E-state index in [1.807, 2.05) is 87.4 Å².